The number of aliphatic hydroxyl groups excluding tert-OH is 1. The largest absolute Gasteiger partial charge is 0.484 e. The maximum absolute atomic E-state index is 11.9. The first kappa shape index (κ1) is 16.0. The van der Waals surface area contributed by atoms with Gasteiger partial charge < -0.3 is 20.9 Å². The van der Waals surface area contributed by atoms with Gasteiger partial charge in [-0.2, -0.15) is 0 Å². The Morgan fingerprint density at radius 2 is 1.90 bits per heavy atom. The highest BCUT2D eigenvalue weighted by atomic mass is 16.5. The summed E-state index contributed by atoms with van der Waals surface area (Å²) >= 11 is 0. The number of primary amides is 1. The van der Waals surface area contributed by atoms with E-state index in [9.17, 15) is 9.59 Å². The lowest BCUT2D eigenvalue weighted by Crippen LogP contribution is -2.38. The van der Waals surface area contributed by atoms with Crippen molar-refractivity contribution in [3.8, 4) is 5.75 Å². The molecule has 1 aromatic rings. The summed E-state index contributed by atoms with van der Waals surface area (Å²) in [6, 6.07) is 6.26. The smallest absolute Gasteiger partial charge is 0.255 e. The van der Waals surface area contributed by atoms with Gasteiger partial charge >= 0.3 is 0 Å². The molecule has 0 radical (unpaired) electrons. The highest BCUT2D eigenvalue weighted by molar-refractivity contribution is 5.94. The number of carbonyl (C=O) groups excluding carboxylic acids is 2. The van der Waals surface area contributed by atoms with Gasteiger partial charge in [-0.05, 0) is 37.1 Å². The first-order valence-corrected chi connectivity index (χ1v) is 6.37. The number of nitrogens with two attached hydrogens (primary N) is 1. The number of carbonyl (C=O) groups is 2. The third-order valence-electron chi connectivity index (χ3n) is 3.00. The molecule has 0 aliphatic heterocycles. The number of benzene rings is 1. The van der Waals surface area contributed by atoms with Crippen LogP contribution in [0.4, 0.5) is 0 Å². The van der Waals surface area contributed by atoms with Gasteiger partial charge in [-0.1, -0.05) is 6.92 Å². The predicted octanol–water partition coefficient (Wildman–Crippen LogP) is 0.297. The Labute approximate surface area is 117 Å². The maximum Gasteiger partial charge on any atom is 0.255 e. The zero-order chi connectivity index (χ0) is 15.1. The molecule has 2 atom stereocenters. The van der Waals surface area contributed by atoms with E-state index in [1.165, 1.54) is 0 Å². The Bertz CT molecular complexity index is 459. The summed E-state index contributed by atoms with van der Waals surface area (Å²) < 4.78 is 5.10. The number of hydrogen-bond acceptors (Lipinski definition) is 4. The Morgan fingerprint density at radius 1 is 1.30 bits per heavy atom. The van der Waals surface area contributed by atoms with Crippen LogP contribution in [0.3, 0.4) is 0 Å². The third kappa shape index (κ3) is 4.89. The number of amides is 2. The SMILES string of the molecule is CC(CO)C(C)NC(=O)c1ccc(OCC(N)=O)cc1. The summed E-state index contributed by atoms with van der Waals surface area (Å²) in [4.78, 5) is 22.5. The second kappa shape index (κ2) is 7.49. The van der Waals surface area contributed by atoms with Crippen molar-refractivity contribution in [1.29, 1.82) is 0 Å². The average molecular weight is 280 g/mol. The lowest BCUT2D eigenvalue weighted by molar-refractivity contribution is -0.119. The summed E-state index contributed by atoms with van der Waals surface area (Å²) in [5, 5.41) is 11.8. The van der Waals surface area contributed by atoms with Gasteiger partial charge in [0, 0.05) is 18.2 Å². The van der Waals surface area contributed by atoms with Crippen molar-refractivity contribution in [3.05, 3.63) is 29.8 Å². The van der Waals surface area contributed by atoms with Crippen LogP contribution >= 0.6 is 0 Å². The molecule has 0 saturated heterocycles. The Morgan fingerprint density at radius 3 is 2.40 bits per heavy atom. The Balaban J connectivity index is 2.59. The van der Waals surface area contributed by atoms with E-state index in [0.717, 1.165) is 0 Å². The van der Waals surface area contributed by atoms with Gasteiger partial charge in [0.15, 0.2) is 6.61 Å². The molecule has 6 heteroatoms. The number of rotatable bonds is 7. The van der Waals surface area contributed by atoms with E-state index >= 15 is 0 Å². The molecule has 0 bridgehead atoms. The molecule has 2 amide bonds. The van der Waals surface area contributed by atoms with Crippen LogP contribution in [0.5, 0.6) is 5.75 Å². The van der Waals surface area contributed by atoms with Crippen molar-refractivity contribution >= 4 is 11.8 Å². The Hall–Kier alpha value is -2.08. The summed E-state index contributed by atoms with van der Waals surface area (Å²) in [6.45, 7) is 3.51. The lowest BCUT2D eigenvalue weighted by Gasteiger charge is -2.19. The summed E-state index contributed by atoms with van der Waals surface area (Å²) in [6.07, 6.45) is 0. The highest BCUT2D eigenvalue weighted by Crippen LogP contribution is 2.12. The van der Waals surface area contributed by atoms with Crippen molar-refractivity contribution in [2.45, 2.75) is 19.9 Å². The summed E-state index contributed by atoms with van der Waals surface area (Å²) in [5.41, 5.74) is 5.45. The molecule has 0 spiro atoms. The van der Waals surface area contributed by atoms with Gasteiger partial charge in [-0.25, -0.2) is 0 Å². The number of nitrogens with one attached hydrogen (secondary N) is 1. The second-order valence-electron chi connectivity index (χ2n) is 4.70. The molecule has 6 nitrogen and oxygen atoms in total. The number of ether oxygens (including phenoxy) is 1. The quantitative estimate of drug-likeness (QED) is 0.668. The zero-order valence-corrected chi connectivity index (χ0v) is 11.6. The van der Waals surface area contributed by atoms with Gasteiger partial charge in [0.25, 0.3) is 11.8 Å². The van der Waals surface area contributed by atoms with Gasteiger partial charge in [0.2, 0.25) is 0 Å². The average Bonchev–Trinajstić information content (AvgIpc) is 2.44. The van der Waals surface area contributed by atoms with E-state index in [-0.39, 0.29) is 31.1 Å². The minimum Gasteiger partial charge on any atom is -0.484 e. The van der Waals surface area contributed by atoms with E-state index in [4.69, 9.17) is 15.6 Å². The molecular formula is C14H20N2O4. The highest BCUT2D eigenvalue weighted by Gasteiger charge is 2.15. The molecule has 0 aliphatic carbocycles. The summed E-state index contributed by atoms with van der Waals surface area (Å²) in [5.74, 6) is -0.327. The van der Waals surface area contributed by atoms with Crippen molar-refractivity contribution in [2.24, 2.45) is 11.7 Å². The topological polar surface area (TPSA) is 102 Å². The lowest BCUT2D eigenvalue weighted by atomic mass is 10.0. The first-order chi connectivity index (χ1) is 9.43. The minimum atomic E-state index is -0.557. The predicted molar refractivity (Wildman–Crippen MR) is 74.3 cm³/mol. The van der Waals surface area contributed by atoms with Crippen LogP contribution in [-0.4, -0.2) is 36.2 Å². The molecule has 1 rings (SSSR count). The standard InChI is InChI=1S/C14H20N2O4/c1-9(7-17)10(2)16-14(19)11-3-5-12(6-4-11)20-8-13(15)18/h3-6,9-10,17H,7-8H2,1-2H3,(H2,15,18)(H,16,19). The Kier molecular flexibility index (Phi) is 5.99. The fraction of sp³-hybridized carbons (Fsp3) is 0.429. The fourth-order valence-electron chi connectivity index (χ4n) is 1.45. The number of hydrogen-bond donors (Lipinski definition) is 3. The molecule has 0 saturated carbocycles. The molecule has 20 heavy (non-hydrogen) atoms. The molecule has 1 aromatic carbocycles. The molecular weight excluding hydrogens is 260 g/mol. The molecule has 0 heterocycles. The fourth-order valence-corrected chi connectivity index (χ4v) is 1.45. The monoisotopic (exact) mass is 280 g/mol. The van der Waals surface area contributed by atoms with Crippen LogP contribution < -0.4 is 15.8 Å². The molecule has 0 fully saturated rings. The zero-order valence-electron chi connectivity index (χ0n) is 11.6. The van der Waals surface area contributed by atoms with Crippen molar-refractivity contribution in [2.75, 3.05) is 13.2 Å². The van der Waals surface area contributed by atoms with Crippen LogP contribution in [0.2, 0.25) is 0 Å². The van der Waals surface area contributed by atoms with E-state index in [2.05, 4.69) is 5.32 Å². The van der Waals surface area contributed by atoms with Gasteiger partial charge in [0.05, 0.1) is 0 Å². The van der Waals surface area contributed by atoms with Crippen LogP contribution in [0, 0.1) is 5.92 Å². The van der Waals surface area contributed by atoms with Gasteiger partial charge in [-0.15, -0.1) is 0 Å². The normalized spacial score (nSPS) is 13.3. The number of aliphatic hydroxyl groups is 1. The van der Waals surface area contributed by atoms with Crippen LogP contribution in [0.15, 0.2) is 24.3 Å². The summed E-state index contributed by atoms with van der Waals surface area (Å²) in [7, 11) is 0. The molecule has 0 aromatic heterocycles. The van der Waals surface area contributed by atoms with Crippen LogP contribution in [-0.2, 0) is 4.79 Å². The second-order valence-corrected chi connectivity index (χ2v) is 4.70. The third-order valence-corrected chi connectivity index (χ3v) is 3.00. The van der Waals surface area contributed by atoms with E-state index < -0.39 is 5.91 Å². The van der Waals surface area contributed by atoms with Crippen molar-refractivity contribution in [1.82, 2.24) is 5.32 Å². The molecule has 2 unspecified atom stereocenters. The molecule has 0 aliphatic rings. The minimum absolute atomic E-state index is 0.0152. The van der Waals surface area contributed by atoms with Crippen molar-refractivity contribution in [3.63, 3.8) is 0 Å². The van der Waals surface area contributed by atoms with Crippen molar-refractivity contribution < 1.29 is 19.4 Å². The van der Waals surface area contributed by atoms with E-state index in [0.29, 0.717) is 11.3 Å². The van der Waals surface area contributed by atoms with Crippen LogP contribution in [0.25, 0.3) is 0 Å². The van der Waals surface area contributed by atoms with E-state index in [1.807, 2.05) is 13.8 Å². The van der Waals surface area contributed by atoms with Gasteiger partial charge in [0.1, 0.15) is 5.75 Å². The van der Waals surface area contributed by atoms with E-state index in [1.54, 1.807) is 24.3 Å². The van der Waals surface area contributed by atoms with Crippen LogP contribution in [0.1, 0.15) is 24.2 Å². The maximum atomic E-state index is 11.9. The first-order valence-electron chi connectivity index (χ1n) is 6.37. The van der Waals surface area contributed by atoms with Gasteiger partial charge in [-0.3, -0.25) is 9.59 Å². The molecule has 110 valence electrons. The molecule has 4 N–H and O–H groups in total.